The average Bonchev–Trinajstić information content (AvgIpc) is 2.46. The van der Waals surface area contributed by atoms with Crippen molar-refractivity contribution in [1.29, 1.82) is 0 Å². The molecule has 1 aromatic heterocycles. The number of nitrogens with one attached hydrogen (secondary N) is 2. The van der Waals surface area contributed by atoms with E-state index in [-0.39, 0.29) is 5.41 Å². The number of nitrogens with zero attached hydrogens (tertiary/aromatic N) is 2. The monoisotopic (exact) mass is 284 g/mol. The number of hydrogen-bond acceptors (Lipinski definition) is 4. The van der Waals surface area contributed by atoms with Gasteiger partial charge in [0.25, 0.3) is 0 Å². The van der Waals surface area contributed by atoms with Crippen LogP contribution in [0.5, 0.6) is 0 Å². The van der Waals surface area contributed by atoms with Gasteiger partial charge in [0.15, 0.2) is 0 Å². The lowest BCUT2D eigenvalue weighted by atomic mass is 9.96. The number of rotatable bonds is 4. The maximum Gasteiger partial charge on any atom is 0.138 e. The number of aryl methyl sites for hydroxylation is 1. The molecular weight excluding hydrogens is 260 g/mol. The van der Waals surface area contributed by atoms with Gasteiger partial charge in [-0.05, 0) is 18.1 Å². The predicted molar refractivity (Wildman–Crippen MR) is 89.4 cm³/mol. The van der Waals surface area contributed by atoms with Gasteiger partial charge in [0.05, 0.1) is 0 Å². The molecular formula is C17H24N4. The molecule has 0 aliphatic carbocycles. The minimum Gasteiger partial charge on any atom is -0.373 e. The van der Waals surface area contributed by atoms with Crippen molar-refractivity contribution in [3.63, 3.8) is 0 Å². The summed E-state index contributed by atoms with van der Waals surface area (Å²) in [5.41, 5.74) is 2.29. The maximum atomic E-state index is 4.66. The summed E-state index contributed by atoms with van der Waals surface area (Å²) in [6.07, 6.45) is 0.985. The average molecular weight is 284 g/mol. The van der Waals surface area contributed by atoms with E-state index in [0.29, 0.717) is 0 Å². The van der Waals surface area contributed by atoms with Crippen LogP contribution in [0.2, 0.25) is 0 Å². The zero-order chi connectivity index (χ0) is 15.5. The van der Waals surface area contributed by atoms with Crippen molar-refractivity contribution in [3.05, 3.63) is 41.7 Å². The number of benzene rings is 1. The quantitative estimate of drug-likeness (QED) is 0.886. The van der Waals surface area contributed by atoms with Crippen molar-refractivity contribution in [2.75, 3.05) is 17.7 Å². The van der Waals surface area contributed by atoms with Crippen molar-refractivity contribution >= 4 is 17.3 Å². The number of hydrogen-bond donors (Lipinski definition) is 2. The molecule has 0 saturated heterocycles. The summed E-state index contributed by atoms with van der Waals surface area (Å²) < 4.78 is 0. The molecule has 2 aromatic rings. The van der Waals surface area contributed by atoms with Crippen molar-refractivity contribution in [3.8, 4) is 0 Å². The molecule has 1 aromatic carbocycles. The smallest absolute Gasteiger partial charge is 0.138 e. The summed E-state index contributed by atoms with van der Waals surface area (Å²) in [7, 11) is 1.87. The Bertz CT molecular complexity index is 614. The number of aromatic nitrogens is 2. The fourth-order valence-corrected chi connectivity index (χ4v) is 2.06. The highest BCUT2D eigenvalue weighted by Crippen LogP contribution is 2.25. The highest BCUT2D eigenvalue weighted by molar-refractivity contribution is 5.62. The van der Waals surface area contributed by atoms with Crippen LogP contribution in [-0.4, -0.2) is 17.0 Å². The Hall–Kier alpha value is -2.10. The minimum atomic E-state index is -0.0897. The third-order valence-corrected chi connectivity index (χ3v) is 3.31. The highest BCUT2D eigenvalue weighted by Gasteiger charge is 2.19. The van der Waals surface area contributed by atoms with Gasteiger partial charge in [0, 0.05) is 24.2 Å². The molecule has 21 heavy (non-hydrogen) atoms. The second kappa shape index (κ2) is 6.12. The van der Waals surface area contributed by atoms with Crippen molar-refractivity contribution in [2.24, 2.45) is 0 Å². The van der Waals surface area contributed by atoms with Crippen LogP contribution in [0, 0.1) is 0 Å². The summed E-state index contributed by atoms with van der Waals surface area (Å²) in [4.78, 5) is 9.21. The van der Waals surface area contributed by atoms with Crippen LogP contribution in [-0.2, 0) is 11.8 Å². The van der Waals surface area contributed by atoms with E-state index in [1.165, 1.54) is 5.56 Å². The molecule has 0 fully saturated rings. The minimum absolute atomic E-state index is 0.0897. The van der Waals surface area contributed by atoms with E-state index in [9.17, 15) is 0 Å². The molecule has 112 valence electrons. The highest BCUT2D eigenvalue weighted by atomic mass is 15.1. The molecule has 0 aliphatic rings. The van der Waals surface area contributed by atoms with Gasteiger partial charge in [-0.3, -0.25) is 0 Å². The van der Waals surface area contributed by atoms with E-state index in [4.69, 9.17) is 0 Å². The SMILES string of the molecule is CCc1ccccc1Nc1cc(NC)nc(C(C)(C)C)n1. The summed E-state index contributed by atoms with van der Waals surface area (Å²) in [6, 6.07) is 10.2. The second-order valence-corrected chi connectivity index (χ2v) is 6.10. The van der Waals surface area contributed by atoms with E-state index in [1.54, 1.807) is 0 Å². The van der Waals surface area contributed by atoms with Gasteiger partial charge in [-0.15, -0.1) is 0 Å². The topological polar surface area (TPSA) is 49.8 Å². The first kappa shape index (κ1) is 15.3. The second-order valence-electron chi connectivity index (χ2n) is 6.10. The summed E-state index contributed by atoms with van der Waals surface area (Å²) in [5.74, 6) is 2.47. The molecule has 0 atom stereocenters. The van der Waals surface area contributed by atoms with Crippen LogP contribution in [0.25, 0.3) is 0 Å². The first-order valence-corrected chi connectivity index (χ1v) is 7.36. The van der Waals surface area contributed by atoms with Gasteiger partial charge in [-0.2, -0.15) is 0 Å². The van der Waals surface area contributed by atoms with Crippen LogP contribution in [0.4, 0.5) is 17.3 Å². The normalized spacial score (nSPS) is 11.3. The molecule has 0 saturated carbocycles. The lowest BCUT2D eigenvalue weighted by Gasteiger charge is -2.19. The predicted octanol–water partition coefficient (Wildman–Crippen LogP) is 4.12. The van der Waals surface area contributed by atoms with Gasteiger partial charge < -0.3 is 10.6 Å². The Morgan fingerprint density at radius 1 is 1.05 bits per heavy atom. The van der Waals surface area contributed by atoms with Gasteiger partial charge in [-0.1, -0.05) is 45.9 Å². The van der Waals surface area contributed by atoms with Crippen LogP contribution in [0.1, 0.15) is 39.1 Å². The Morgan fingerprint density at radius 2 is 1.71 bits per heavy atom. The lowest BCUT2D eigenvalue weighted by molar-refractivity contribution is 0.547. The summed E-state index contributed by atoms with van der Waals surface area (Å²) in [5, 5.41) is 6.52. The zero-order valence-corrected chi connectivity index (χ0v) is 13.5. The number of anilines is 3. The van der Waals surface area contributed by atoms with E-state index in [1.807, 2.05) is 19.2 Å². The number of para-hydroxylation sites is 1. The van der Waals surface area contributed by atoms with E-state index >= 15 is 0 Å². The molecule has 4 heteroatoms. The van der Waals surface area contributed by atoms with Gasteiger partial charge >= 0.3 is 0 Å². The first-order valence-electron chi connectivity index (χ1n) is 7.36. The summed E-state index contributed by atoms with van der Waals surface area (Å²) >= 11 is 0. The Kier molecular flexibility index (Phi) is 4.46. The lowest BCUT2D eigenvalue weighted by Crippen LogP contribution is -2.17. The van der Waals surface area contributed by atoms with Crippen molar-refractivity contribution in [1.82, 2.24) is 9.97 Å². The van der Waals surface area contributed by atoms with E-state index < -0.39 is 0 Å². The molecule has 1 heterocycles. The zero-order valence-electron chi connectivity index (χ0n) is 13.5. The fraction of sp³-hybridized carbons (Fsp3) is 0.412. The molecule has 0 unspecified atom stereocenters. The molecule has 0 amide bonds. The van der Waals surface area contributed by atoms with Gasteiger partial charge in [0.2, 0.25) is 0 Å². The van der Waals surface area contributed by atoms with E-state index in [0.717, 1.165) is 29.6 Å². The standard InChI is InChI=1S/C17H24N4/c1-6-12-9-7-8-10-13(12)19-15-11-14(18-5)20-16(21-15)17(2,3)4/h7-11H,6H2,1-5H3,(H2,18,19,20,21). The Morgan fingerprint density at radius 3 is 2.33 bits per heavy atom. The third kappa shape index (κ3) is 3.72. The molecule has 0 spiro atoms. The molecule has 0 aliphatic heterocycles. The molecule has 4 nitrogen and oxygen atoms in total. The maximum absolute atomic E-state index is 4.66. The summed E-state index contributed by atoms with van der Waals surface area (Å²) in [6.45, 7) is 8.50. The van der Waals surface area contributed by atoms with Crippen molar-refractivity contribution < 1.29 is 0 Å². The van der Waals surface area contributed by atoms with E-state index in [2.05, 4.69) is 66.5 Å². The molecule has 0 bridgehead atoms. The van der Waals surface area contributed by atoms with Crippen molar-refractivity contribution in [2.45, 2.75) is 39.5 Å². The van der Waals surface area contributed by atoms with Crippen LogP contribution >= 0.6 is 0 Å². The fourth-order valence-electron chi connectivity index (χ4n) is 2.06. The van der Waals surface area contributed by atoms with Gasteiger partial charge in [0.1, 0.15) is 17.5 Å². The van der Waals surface area contributed by atoms with Gasteiger partial charge in [-0.25, -0.2) is 9.97 Å². The van der Waals surface area contributed by atoms with Crippen LogP contribution in [0.15, 0.2) is 30.3 Å². The molecule has 0 radical (unpaired) electrons. The molecule has 2 rings (SSSR count). The third-order valence-electron chi connectivity index (χ3n) is 3.31. The van der Waals surface area contributed by atoms with Crippen LogP contribution < -0.4 is 10.6 Å². The molecule has 2 N–H and O–H groups in total. The largest absolute Gasteiger partial charge is 0.373 e. The Labute approximate surface area is 127 Å². The first-order chi connectivity index (χ1) is 9.94. The Balaban J connectivity index is 2.39. The van der Waals surface area contributed by atoms with Crippen LogP contribution in [0.3, 0.4) is 0 Å².